The highest BCUT2D eigenvalue weighted by Gasteiger charge is 2.53. The Morgan fingerprint density at radius 2 is 1.29 bits per heavy atom. The first-order valence-corrected chi connectivity index (χ1v) is 2.88. The van der Waals surface area contributed by atoms with Crippen molar-refractivity contribution in [3.8, 4) is 0 Å². The molecule has 84 valence electrons. The third-order valence-corrected chi connectivity index (χ3v) is 1.05. The number of rotatable bonds is 1. The van der Waals surface area contributed by atoms with Crippen molar-refractivity contribution >= 4 is 0 Å². The second-order valence-electron chi connectivity index (χ2n) is 2.25. The summed E-state index contributed by atoms with van der Waals surface area (Å²) in [5.41, 5.74) is 0. The topological polar surface area (TPSA) is 60.7 Å². The Bertz CT molecular complexity index is 237. The molecule has 14 heavy (non-hydrogen) atoms. The molecule has 0 aliphatic heterocycles. The highest BCUT2D eigenvalue weighted by molar-refractivity contribution is 5.07. The van der Waals surface area contributed by atoms with Crippen molar-refractivity contribution in [1.82, 2.24) is 0 Å². The van der Waals surface area contributed by atoms with E-state index in [4.69, 9.17) is 15.3 Å². The zero-order valence-electron chi connectivity index (χ0n) is 6.19. The van der Waals surface area contributed by atoms with Gasteiger partial charge in [0.2, 0.25) is 0 Å². The van der Waals surface area contributed by atoms with E-state index in [1.807, 2.05) is 0 Å². The molecule has 0 bridgehead atoms. The molecule has 0 spiro atoms. The Morgan fingerprint density at radius 3 is 1.50 bits per heavy atom. The minimum absolute atomic E-state index is 1.15. The zero-order chi connectivity index (χ0) is 11.8. The van der Waals surface area contributed by atoms with Gasteiger partial charge in [0.1, 0.15) is 0 Å². The van der Waals surface area contributed by atoms with Gasteiger partial charge in [-0.15, -0.1) is 0 Å². The van der Waals surface area contributed by atoms with E-state index in [1.165, 1.54) is 0 Å². The maximum absolute atomic E-state index is 11.6. The molecule has 0 aromatic heterocycles. The molecule has 0 fully saturated rings. The first-order valence-electron chi connectivity index (χ1n) is 2.88. The fraction of sp³-hybridized carbons (Fsp3) is 0.600. The number of hydrogen-bond donors (Lipinski definition) is 3. The van der Waals surface area contributed by atoms with Crippen LogP contribution in [0.5, 0.6) is 0 Å². The van der Waals surface area contributed by atoms with Crippen LogP contribution in [0, 0.1) is 0 Å². The van der Waals surface area contributed by atoms with Gasteiger partial charge in [-0.3, -0.25) is 0 Å². The van der Waals surface area contributed by atoms with Crippen LogP contribution in [0.1, 0.15) is 0 Å². The van der Waals surface area contributed by atoms with Crippen molar-refractivity contribution in [2.24, 2.45) is 0 Å². The zero-order valence-corrected chi connectivity index (χ0v) is 6.19. The van der Waals surface area contributed by atoms with E-state index in [-0.39, 0.29) is 0 Å². The third-order valence-electron chi connectivity index (χ3n) is 1.05. The summed E-state index contributed by atoms with van der Waals surface area (Å²) in [6.07, 6.45) is -12.3. The maximum atomic E-state index is 11.6. The molecular weight excluding hydrogens is 222 g/mol. The lowest BCUT2D eigenvalue weighted by atomic mass is 10.2. The summed E-state index contributed by atoms with van der Waals surface area (Å²) in [4.78, 5) is 0. The lowest BCUT2D eigenvalue weighted by molar-refractivity contribution is -0.325. The minimum Gasteiger partial charge on any atom is -0.504 e. The maximum Gasteiger partial charge on any atom is 0.448 e. The first-order chi connectivity index (χ1) is 5.88. The summed E-state index contributed by atoms with van der Waals surface area (Å²) < 4.78 is 69.1. The number of hydrogen-bond acceptors (Lipinski definition) is 3. The quantitative estimate of drug-likeness (QED) is 0.358. The molecule has 0 saturated heterocycles. The summed E-state index contributed by atoms with van der Waals surface area (Å²) in [5.74, 6) is -7.45. The SMILES string of the molecule is O/C(=C\C(O)(O)C(F)(F)F)C(F)(F)F. The molecule has 9 heteroatoms. The average molecular weight is 226 g/mol. The van der Waals surface area contributed by atoms with Crippen molar-refractivity contribution in [2.45, 2.75) is 18.1 Å². The fourth-order valence-corrected chi connectivity index (χ4v) is 0.354. The van der Waals surface area contributed by atoms with Gasteiger partial charge in [0.25, 0.3) is 5.79 Å². The Kier molecular flexibility index (Phi) is 3.09. The Hall–Kier alpha value is -0.960. The van der Waals surface area contributed by atoms with Crippen LogP contribution in [0.25, 0.3) is 0 Å². The largest absolute Gasteiger partial charge is 0.504 e. The highest BCUT2D eigenvalue weighted by Crippen LogP contribution is 2.32. The molecular formula is C5H4F6O3. The smallest absolute Gasteiger partial charge is 0.448 e. The molecule has 0 heterocycles. The number of aliphatic hydroxyl groups excluding tert-OH is 1. The van der Waals surface area contributed by atoms with Gasteiger partial charge < -0.3 is 15.3 Å². The van der Waals surface area contributed by atoms with Gasteiger partial charge >= 0.3 is 12.4 Å². The molecule has 0 radical (unpaired) electrons. The van der Waals surface area contributed by atoms with Gasteiger partial charge in [-0.1, -0.05) is 0 Å². The van der Waals surface area contributed by atoms with E-state index in [0.29, 0.717) is 0 Å². The normalized spacial score (nSPS) is 15.9. The van der Waals surface area contributed by atoms with E-state index >= 15 is 0 Å². The molecule has 0 aromatic rings. The molecule has 0 rings (SSSR count). The number of alkyl halides is 6. The lowest BCUT2D eigenvalue weighted by Crippen LogP contribution is -2.44. The first kappa shape index (κ1) is 13.0. The molecule has 0 amide bonds. The van der Waals surface area contributed by atoms with Crippen LogP contribution in [0.3, 0.4) is 0 Å². The van der Waals surface area contributed by atoms with Crippen LogP contribution >= 0.6 is 0 Å². The minimum atomic E-state index is -5.73. The second-order valence-corrected chi connectivity index (χ2v) is 2.25. The van der Waals surface area contributed by atoms with Gasteiger partial charge in [-0.2, -0.15) is 26.3 Å². The third kappa shape index (κ3) is 3.07. The summed E-state index contributed by atoms with van der Waals surface area (Å²) in [6, 6.07) is 0. The molecule has 3 N–H and O–H groups in total. The summed E-state index contributed by atoms with van der Waals surface area (Å²) >= 11 is 0. The van der Waals surface area contributed by atoms with Gasteiger partial charge in [0.05, 0.1) is 0 Å². The molecule has 0 saturated carbocycles. The van der Waals surface area contributed by atoms with Crippen LogP contribution in [-0.2, 0) is 0 Å². The molecule has 3 nitrogen and oxygen atoms in total. The van der Waals surface area contributed by atoms with E-state index in [1.54, 1.807) is 0 Å². The predicted octanol–water partition coefficient (Wildman–Crippen LogP) is 1.23. The number of halogens is 6. The van der Waals surface area contributed by atoms with Crippen LogP contribution in [0.15, 0.2) is 11.8 Å². The van der Waals surface area contributed by atoms with Crippen LogP contribution < -0.4 is 0 Å². The Labute approximate surface area is 72.9 Å². The van der Waals surface area contributed by atoms with Crippen molar-refractivity contribution in [3.63, 3.8) is 0 Å². The van der Waals surface area contributed by atoms with Crippen molar-refractivity contribution in [2.75, 3.05) is 0 Å². The van der Waals surface area contributed by atoms with Crippen LogP contribution in [0.4, 0.5) is 26.3 Å². The second kappa shape index (κ2) is 3.31. The van der Waals surface area contributed by atoms with Gasteiger partial charge in [-0.05, 0) is 0 Å². The average Bonchev–Trinajstić information content (AvgIpc) is 1.80. The molecule has 0 unspecified atom stereocenters. The van der Waals surface area contributed by atoms with E-state index in [9.17, 15) is 26.3 Å². The van der Waals surface area contributed by atoms with Crippen LogP contribution in [0.2, 0.25) is 0 Å². The van der Waals surface area contributed by atoms with Crippen molar-refractivity contribution < 1.29 is 41.7 Å². The summed E-state index contributed by atoms with van der Waals surface area (Å²) in [6.45, 7) is 0. The van der Waals surface area contributed by atoms with E-state index in [2.05, 4.69) is 0 Å². The van der Waals surface area contributed by atoms with E-state index < -0.39 is 30.0 Å². The Morgan fingerprint density at radius 1 is 0.929 bits per heavy atom. The monoisotopic (exact) mass is 226 g/mol. The van der Waals surface area contributed by atoms with Gasteiger partial charge in [0.15, 0.2) is 5.76 Å². The van der Waals surface area contributed by atoms with Crippen LogP contribution in [-0.4, -0.2) is 33.5 Å². The molecule has 0 atom stereocenters. The fourth-order valence-electron chi connectivity index (χ4n) is 0.354. The predicted molar refractivity (Wildman–Crippen MR) is 30.0 cm³/mol. The van der Waals surface area contributed by atoms with Crippen molar-refractivity contribution in [3.05, 3.63) is 11.8 Å². The van der Waals surface area contributed by atoms with Gasteiger partial charge in [-0.25, -0.2) is 0 Å². The lowest BCUT2D eigenvalue weighted by Gasteiger charge is -2.21. The molecule has 0 aromatic carbocycles. The highest BCUT2D eigenvalue weighted by atomic mass is 19.4. The summed E-state index contributed by atoms with van der Waals surface area (Å²) in [5, 5.41) is 24.2. The molecule has 0 aliphatic rings. The van der Waals surface area contributed by atoms with Gasteiger partial charge in [0, 0.05) is 6.08 Å². The Balaban J connectivity index is 5.00. The number of allylic oxidation sites excluding steroid dienone is 1. The van der Waals surface area contributed by atoms with E-state index in [0.717, 1.165) is 0 Å². The standard InChI is InChI=1S/C5H4F6O3/c6-4(7,8)2(12)1-3(13,14)5(9,10)11/h1,12-14H/b2-1-. The number of aliphatic hydroxyl groups is 3. The van der Waals surface area contributed by atoms with Crippen molar-refractivity contribution in [1.29, 1.82) is 0 Å². The summed E-state index contributed by atoms with van der Waals surface area (Å²) in [7, 11) is 0. The molecule has 0 aliphatic carbocycles.